The normalized spacial score (nSPS) is 28.7. The first-order valence-corrected chi connectivity index (χ1v) is 8.35. The van der Waals surface area contributed by atoms with Crippen LogP contribution in [0, 0.1) is 0 Å². The third-order valence-electron chi connectivity index (χ3n) is 3.83. The molecule has 1 nitrogen and oxygen atoms in total. The summed E-state index contributed by atoms with van der Waals surface area (Å²) in [4.78, 5) is 0. The first-order chi connectivity index (χ1) is 7.85. The molecular weight excluding hydrogens is 240 g/mol. The molecule has 0 aromatic carbocycles. The van der Waals surface area contributed by atoms with E-state index < -0.39 is 0 Å². The van der Waals surface area contributed by atoms with Crippen LogP contribution in [0.1, 0.15) is 51.4 Å². The van der Waals surface area contributed by atoms with Crippen LogP contribution in [0.25, 0.3) is 0 Å². The molecule has 1 saturated carbocycles. The Morgan fingerprint density at radius 3 is 2.75 bits per heavy atom. The lowest BCUT2D eigenvalue weighted by Crippen LogP contribution is -2.32. The molecule has 94 valence electrons. The minimum atomic E-state index is 0.302. The van der Waals surface area contributed by atoms with Crippen LogP contribution in [-0.4, -0.2) is 29.1 Å². The number of rotatable bonds is 5. The van der Waals surface area contributed by atoms with Crippen molar-refractivity contribution in [3.63, 3.8) is 0 Å². The summed E-state index contributed by atoms with van der Waals surface area (Å²) in [5.41, 5.74) is 0.302. The predicted molar refractivity (Wildman–Crippen MR) is 72.6 cm³/mol. The smallest absolute Gasteiger partial charge is 0.0687 e. The molecule has 1 atom stereocenters. The van der Waals surface area contributed by atoms with Gasteiger partial charge in [-0.05, 0) is 37.9 Å². The second kappa shape index (κ2) is 6.51. The Morgan fingerprint density at radius 1 is 1.19 bits per heavy atom. The highest BCUT2D eigenvalue weighted by atomic mass is 35.5. The maximum atomic E-state index is 6.32. The summed E-state index contributed by atoms with van der Waals surface area (Å²) in [7, 11) is 0. The summed E-state index contributed by atoms with van der Waals surface area (Å²) < 4.78 is 6.32. The zero-order valence-corrected chi connectivity index (χ0v) is 11.6. The van der Waals surface area contributed by atoms with Gasteiger partial charge >= 0.3 is 0 Å². The monoisotopic (exact) mass is 262 g/mol. The van der Waals surface area contributed by atoms with E-state index in [4.69, 9.17) is 16.3 Å². The van der Waals surface area contributed by atoms with Crippen LogP contribution in [0.5, 0.6) is 0 Å². The van der Waals surface area contributed by atoms with E-state index in [1.807, 2.05) is 11.8 Å². The molecule has 0 radical (unpaired) electrons. The van der Waals surface area contributed by atoms with Gasteiger partial charge in [0.15, 0.2) is 0 Å². The molecule has 16 heavy (non-hydrogen) atoms. The fraction of sp³-hybridized carbons (Fsp3) is 1.00. The average Bonchev–Trinajstić information content (AvgIpc) is 2.69. The van der Waals surface area contributed by atoms with Gasteiger partial charge in [-0.1, -0.05) is 19.3 Å². The van der Waals surface area contributed by atoms with Crippen LogP contribution in [0.3, 0.4) is 0 Å². The Labute approximate surface area is 109 Å². The second-order valence-electron chi connectivity index (χ2n) is 5.14. The van der Waals surface area contributed by atoms with Crippen LogP contribution in [-0.2, 0) is 4.74 Å². The van der Waals surface area contributed by atoms with Crippen molar-refractivity contribution in [2.75, 3.05) is 17.4 Å². The van der Waals surface area contributed by atoms with Crippen molar-refractivity contribution in [2.24, 2.45) is 0 Å². The van der Waals surface area contributed by atoms with Gasteiger partial charge in [-0.2, -0.15) is 11.8 Å². The summed E-state index contributed by atoms with van der Waals surface area (Å²) in [5, 5.41) is 0. The first kappa shape index (κ1) is 13.0. The molecule has 2 rings (SSSR count). The molecule has 0 aromatic rings. The molecule has 1 saturated heterocycles. The summed E-state index contributed by atoms with van der Waals surface area (Å²) in [5.74, 6) is 3.16. The summed E-state index contributed by atoms with van der Waals surface area (Å²) >= 11 is 7.68. The summed E-state index contributed by atoms with van der Waals surface area (Å²) in [6, 6.07) is 0. The van der Waals surface area contributed by atoms with Crippen LogP contribution in [0.4, 0.5) is 0 Å². The minimum absolute atomic E-state index is 0.302. The van der Waals surface area contributed by atoms with Crippen molar-refractivity contribution in [3.05, 3.63) is 0 Å². The third kappa shape index (κ3) is 3.54. The molecule has 2 fully saturated rings. The van der Waals surface area contributed by atoms with Crippen LogP contribution in [0.15, 0.2) is 0 Å². The Hall–Kier alpha value is 0.600. The molecule has 0 bridgehead atoms. The number of thioether (sulfide) groups is 1. The number of ether oxygens (including phenoxy) is 1. The van der Waals surface area contributed by atoms with Crippen LogP contribution >= 0.6 is 23.4 Å². The van der Waals surface area contributed by atoms with E-state index in [1.54, 1.807) is 0 Å². The zero-order valence-electron chi connectivity index (χ0n) is 10.0. The van der Waals surface area contributed by atoms with E-state index in [0.717, 1.165) is 12.3 Å². The molecule has 1 unspecified atom stereocenters. The van der Waals surface area contributed by atoms with Crippen molar-refractivity contribution in [1.82, 2.24) is 0 Å². The predicted octanol–water partition coefficient (Wildman–Crippen LogP) is 4.23. The fourth-order valence-electron chi connectivity index (χ4n) is 2.95. The largest absolute Gasteiger partial charge is 0.371 e. The van der Waals surface area contributed by atoms with Gasteiger partial charge in [0, 0.05) is 11.6 Å². The molecule has 1 aliphatic carbocycles. The second-order valence-corrected chi connectivity index (χ2v) is 6.67. The highest BCUT2D eigenvalue weighted by molar-refractivity contribution is 7.99. The zero-order chi connectivity index (χ0) is 11.3. The fourth-order valence-corrected chi connectivity index (χ4v) is 4.25. The number of hydrogen-bond acceptors (Lipinski definition) is 2. The van der Waals surface area contributed by atoms with Gasteiger partial charge in [-0.15, -0.1) is 11.6 Å². The van der Waals surface area contributed by atoms with Gasteiger partial charge in [0.05, 0.1) is 11.7 Å². The van der Waals surface area contributed by atoms with Crippen molar-refractivity contribution < 1.29 is 4.74 Å². The third-order valence-corrected chi connectivity index (χ3v) is 5.28. The van der Waals surface area contributed by atoms with E-state index >= 15 is 0 Å². The van der Waals surface area contributed by atoms with Crippen molar-refractivity contribution in [3.8, 4) is 0 Å². The van der Waals surface area contributed by atoms with Crippen LogP contribution in [0.2, 0.25) is 0 Å². The van der Waals surface area contributed by atoms with E-state index in [1.165, 1.54) is 56.5 Å². The lowest BCUT2D eigenvalue weighted by Gasteiger charge is -2.33. The molecule has 2 aliphatic rings. The van der Waals surface area contributed by atoms with Crippen molar-refractivity contribution in [1.29, 1.82) is 0 Å². The minimum Gasteiger partial charge on any atom is -0.371 e. The Morgan fingerprint density at radius 2 is 2.00 bits per heavy atom. The molecule has 0 aromatic heterocycles. The lowest BCUT2D eigenvalue weighted by molar-refractivity contribution is -0.0555. The topological polar surface area (TPSA) is 9.23 Å². The molecule has 3 heteroatoms. The highest BCUT2D eigenvalue weighted by Gasteiger charge is 2.40. The standard InChI is InChI=1S/C13H23ClOS/c14-9-4-10-16-11-12-5-8-13(15-12)6-2-1-3-7-13/h12H,1-11H2. The van der Waals surface area contributed by atoms with E-state index in [9.17, 15) is 0 Å². The maximum Gasteiger partial charge on any atom is 0.0687 e. The highest BCUT2D eigenvalue weighted by Crippen LogP contribution is 2.42. The van der Waals surface area contributed by atoms with Gasteiger partial charge in [0.1, 0.15) is 0 Å². The maximum absolute atomic E-state index is 6.32. The van der Waals surface area contributed by atoms with Gasteiger partial charge in [0.2, 0.25) is 0 Å². The molecule has 0 amide bonds. The van der Waals surface area contributed by atoms with Gasteiger partial charge < -0.3 is 4.74 Å². The Kier molecular flexibility index (Phi) is 5.31. The number of alkyl halides is 1. The molecule has 1 aliphatic heterocycles. The first-order valence-electron chi connectivity index (χ1n) is 6.66. The summed E-state index contributed by atoms with van der Waals surface area (Å²) in [6.07, 6.45) is 11.1. The van der Waals surface area contributed by atoms with E-state index in [-0.39, 0.29) is 0 Å². The Balaban J connectivity index is 1.66. The summed E-state index contributed by atoms with van der Waals surface area (Å²) in [6.45, 7) is 0. The molecule has 0 N–H and O–H groups in total. The lowest BCUT2D eigenvalue weighted by atomic mass is 9.83. The average molecular weight is 263 g/mol. The Bertz CT molecular complexity index is 204. The van der Waals surface area contributed by atoms with Gasteiger partial charge in [0.25, 0.3) is 0 Å². The van der Waals surface area contributed by atoms with Crippen molar-refractivity contribution >= 4 is 23.4 Å². The molecule has 1 heterocycles. The van der Waals surface area contributed by atoms with Gasteiger partial charge in [-0.25, -0.2) is 0 Å². The quantitative estimate of drug-likeness (QED) is 0.542. The number of hydrogen-bond donors (Lipinski definition) is 0. The number of halogens is 1. The van der Waals surface area contributed by atoms with Crippen molar-refractivity contribution in [2.45, 2.75) is 63.1 Å². The van der Waals surface area contributed by atoms with Crippen LogP contribution < -0.4 is 0 Å². The van der Waals surface area contributed by atoms with E-state index in [2.05, 4.69) is 0 Å². The molecular formula is C13H23ClOS. The van der Waals surface area contributed by atoms with E-state index in [0.29, 0.717) is 11.7 Å². The SMILES string of the molecule is ClCCCSCC1CCC2(CCCCC2)O1. The van der Waals surface area contributed by atoms with Gasteiger partial charge in [-0.3, -0.25) is 0 Å². The molecule has 1 spiro atoms.